The topological polar surface area (TPSA) is 69.9 Å². The zero-order valence-electron chi connectivity index (χ0n) is 10.9. The number of hydrogen-bond acceptors (Lipinski definition) is 5. The molecule has 0 atom stereocenters. The summed E-state index contributed by atoms with van der Waals surface area (Å²) in [6.45, 7) is 0.655. The van der Waals surface area contributed by atoms with Gasteiger partial charge in [0.25, 0.3) is 0 Å². The predicted octanol–water partition coefficient (Wildman–Crippen LogP) is 2.34. The number of carbonyl (C=O) groups is 1. The van der Waals surface area contributed by atoms with Gasteiger partial charge in [-0.2, -0.15) is 5.10 Å². The van der Waals surface area contributed by atoms with E-state index in [1.807, 2.05) is 12.1 Å². The average Bonchev–Trinajstić information content (AvgIpc) is 2.99. The van der Waals surface area contributed by atoms with E-state index in [1.54, 1.807) is 29.2 Å². The second kappa shape index (κ2) is 5.88. The minimum atomic E-state index is -0.475. The third-order valence-electron chi connectivity index (χ3n) is 2.88. The highest BCUT2D eigenvalue weighted by Crippen LogP contribution is 2.18. The fourth-order valence-corrected chi connectivity index (χ4v) is 2.02. The normalized spacial score (nSPS) is 10.7. The van der Waals surface area contributed by atoms with E-state index in [0.29, 0.717) is 17.1 Å². The van der Waals surface area contributed by atoms with Crippen LogP contribution in [0.25, 0.3) is 10.9 Å². The molecule has 0 fully saturated rings. The fourth-order valence-electron chi connectivity index (χ4n) is 1.86. The van der Waals surface area contributed by atoms with Crippen LogP contribution in [0.15, 0.2) is 43.0 Å². The van der Waals surface area contributed by atoms with Crippen LogP contribution in [-0.4, -0.2) is 32.3 Å². The van der Waals surface area contributed by atoms with Crippen molar-refractivity contribution in [3.05, 3.63) is 53.7 Å². The van der Waals surface area contributed by atoms with Gasteiger partial charge < -0.3 is 4.74 Å². The largest absolute Gasteiger partial charge is 0.459 e. The summed E-state index contributed by atoms with van der Waals surface area (Å²) in [5.41, 5.74) is 0.914. The van der Waals surface area contributed by atoms with Crippen LogP contribution in [0.2, 0.25) is 5.02 Å². The van der Waals surface area contributed by atoms with Crippen LogP contribution in [0.3, 0.4) is 0 Å². The van der Waals surface area contributed by atoms with Crippen molar-refractivity contribution in [2.75, 3.05) is 6.61 Å². The maximum atomic E-state index is 11.9. The summed E-state index contributed by atoms with van der Waals surface area (Å²) in [5, 5.41) is 5.41. The Balaban J connectivity index is 1.69. The number of ether oxygens (including phenoxy) is 1. The van der Waals surface area contributed by atoms with Gasteiger partial charge in [-0.05, 0) is 18.2 Å². The lowest BCUT2D eigenvalue weighted by molar-refractivity contribution is 0.0481. The molecular formula is C14H11ClN4O2. The Labute approximate surface area is 125 Å². The van der Waals surface area contributed by atoms with Gasteiger partial charge in [-0.15, -0.1) is 0 Å². The highest BCUT2D eigenvalue weighted by Gasteiger charge is 2.10. The average molecular weight is 303 g/mol. The number of fused-ring (bicyclic) bond motifs is 1. The number of hydrogen-bond donors (Lipinski definition) is 0. The second-order valence-electron chi connectivity index (χ2n) is 4.33. The van der Waals surface area contributed by atoms with Crippen molar-refractivity contribution in [3.63, 3.8) is 0 Å². The van der Waals surface area contributed by atoms with Crippen molar-refractivity contribution in [2.24, 2.45) is 0 Å². The summed E-state index contributed by atoms with van der Waals surface area (Å²) in [7, 11) is 0. The molecule has 106 valence electrons. The predicted molar refractivity (Wildman–Crippen MR) is 77.1 cm³/mol. The smallest absolute Gasteiger partial charge is 0.357 e. The zero-order valence-corrected chi connectivity index (χ0v) is 11.7. The van der Waals surface area contributed by atoms with E-state index >= 15 is 0 Å². The molecule has 0 unspecified atom stereocenters. The molecule has 0 N–H and O–H groups in total. The zero-order chi connectivity index (χ0) is 14.7. The Kier molecular flexibility index (Phi) is 3.79. The molecular weight excluding hydrogens is 292 g/mol. The fraction of sp³-hybridized carbons (Fsp3) is 0.143. The molecule has 3 rings (SSSR count). The molecule has 7 heteroatoms. The van der Waals surface area contributed by atoms with Gasteiger partial charge in [-0.3, -0.25) is 0 Å². The third-order valence-corrected chi connectivity index (χ3v) is 3.12. The number of nitrogens with zero attached hydrogens (tertiary/aromatic N) is 4. The molecule has 0 radical (unpaired) electrons. The van der Waals surface area contributed by atoms with E-state index in [4.69, 9.17) is 16.3 Å². The molecule has 0 saturated heterocycles. The number of rotatable bonds is 4. The van der Waals surface area contributed by atoms with E-state index < -0.39 is 5.97 Å². The first kappa shape index (κ1) is 13.5. The molecule has 0 amide bonds. The van der Waals surface area contributed by atoms with Crippen LogP contribution in [-0.2, 0) is 11.3 Å². The maximum Gasteiger partial charge on any atom is 0.357 e. The Morgan fingerprint density at radius 1 is 1.29 bits per heavy atom. The Morgan fingerprint density at radius 2 is 2.14 bits per heavy atom. The SMILES string of the molecule is O=C(OCCn1cncn1)c1ccc2ccc(Cl)cc2n1. The molecule has 0 saturated carbocycles. The molecule has 0 aliphatic carbocycles. The van der Waals surface area contributed by atoms with Crippen LogP contribution in [0, 0.1) is 0 Å². The molecule has 21 heavy (non-hydrogen) atoms. The van der Waals surface area contributed by atoms with Gasteiger partial charge in [0.05, 0.1) is 12.1 Å². The third kappa shape index (κ3) is 3.17. The lowest BCUT2D eigenvalue weighted by atomic mass is 10.2. The molecule has 0 aliphatic rings. The maximum absolute atomic E-state index is 11.9. The van der Waals surface area contributed by atoms with Crippen molar-refractivity contribution in [3.8, 4) is 0 Å². The van der Waals surface area contributed by atoms with E-state index in [-0.39, 0.29) is 12.3 Å². The molecule has 6 nitrogen and oxygen atoms in total. The molecule has 0 bridgehead atoms. The molecule has 2 heterocycles. The Morgan fingerprint density at radius 3 is 2.95 bits per heavy atom. The summed E-state index contributed by atoms with van der Waals surface area (Å²) in [6, 6.07) is 8.79. The Bertz CT molecular complexity index is 774. The summed E-state index contributed by atoms with van der Waals surface area (Å²) in [5.74, 6) is -0.475. The first-order valence-electron chi connectivity index (χ1n) is 6.28. The van der Waals surface area contributed by atoms with Crippen LogP contribution in [0.4, 0.5) is 0 Å². The molecule has 3 aromatic rings. The van der Waals surface area contributed by atoms with Crippen LogP contribution < -0.4 is 0 Å². The number of benzene rings is 1. The van der Waals surface area contributed by atoms with Crippen LogP contribution >= 0.6 is 11.6 Å². The molecule has 1 aromatic carbocycles. The van der Waals surface area contributed by atoms with Crippen molar-refractivity contribution in [2.45, 2.75) is 6.54 Å². The van der Waals surface area contributed by atoms with Gasteiger partial charge >= 0.3 is 5.97 Å². The minimum Gasteiger partial charge on any atom is -0.459 e. The lowest BCUT2D eigenvalue weighted by Gasteiger charge is -2.05. The second-order valence-corrected chi connectivity index (χ2v) is 4.76. The first-order valence-corrected chi connectivity index (χ1v) is 6.66. The summed E-state index contributed by atoms with van der Waals surface area (Å²) in [6.07, 6.45) is 2.99. The first-order chi connectivity index (χ1) is 10.2. The van der Waals surface area contributed by atoms with Crippen molar-refractivity contribution in [1.29, 1.82) is 0 Å². The number of pyridine rings is 1. The Hall–Kier alpha value is -2.47. The van der Waals surface area contributed by atoms with Crippen LogP contribution in [0.1, 0.15) is 10.5 Å². The summed E-state index contributed by atoms with van der Waals surface area (Å²) in [4.78, 5) is 20.0. The van der Waals surface area contributed by atoms with Gasteiger partial charge in [0, 0.05) is 10.4 Å². The number of carbonyl (C=O) groups excluding carboxylic acids is 1. The molecule has 0 aliphatic heterocycles. The highest BCUT2D eigenvalue weighted by molar-refractivity contribution is 6.31. The van der Waals surface area contributed by atoms with Gasteiger partial charge in [-0.1, -0.05) is 23.7 Å². The molecule has 0 spiro atoms. The van der Waals surface area contributed by atoms with E-state index in [9.17, 15) is 4.79 Å². The van der Waals surface area contributed by atoms with Crippen LogP contribution in [0.5, 0.6) is 0 Å². The van der Waals surface area contributed by atoms with E-state index in [0.717, 1.165) is 5.39 Å². The monoisotopic (exact) mass is 302 g/mol. The minimum absolute atomic E-state index is 0.206. The standard InChI is InChI=1S/C14H11ClN4O2/c15-11-3-1-10-2-4-12(18-13(10)7-11)14(20)21-6-5-19-9-16-8-17-19/h1-4,7-9H,5-6H2. The quantitative estimate of drug-likeness (QED) is 0.692. The molecule has 2 aromatic heterocycles. The highest BCUT2D eigenvalue weighted by atomic mass is 35.5. The van der Waals surface area contributed by atoms with Crippen molar-refractivity contribution >= 4 is 28.5 Å². The van der Waals surface area contributed by atoms with Gasteiger partial charge in [0.1, 0.15) is 25.0 Å². The van der Waals surface area contributed by atoms with E-state index in [2.05, 4.69) is 15.1 Å². The summed E-state index contributed by atoms with van der Waals surface area (Å²) < 4.78 is 6.74. The number of halogens is 1. The van der Waals surface area contributed by atoms with Gasteiger partial charge in [0.15, 0.2) is 0 Å². The van der Waals surface area contributed by atoms with E-state index in [1.165, 1.54) is 6.33 Å². The van der Waals surface area contributed by atoms with Crippen molar-refractivity contribution < 1.29 is 9.53 Å². The number of aromatic nitrogens is 4. The van der Waals surface area contributed by atoms with Crippen molar-refractivity contribution in [1.82, 2.24) is 19.7 Å². The number of esters is 1. The van der Waals surface area contributed by atoms with Gasteiger partial charge in [0.2, 0.25) is 0 Å². The van der Waals surface area contributed by atoms with Gasteiger partial charge in [-0.25, -0.2) is 19.4 Å². The lowest BCUT2D eigenvalue weighted by Crippen LogP contribution is -2.13. The summed E-state index contributed by atoms with van der Waals surface area (Å²) >= 11 is 5.92.